The van der Waals surface area contributed by atoms with Gasteiger partial charge in [0.25, 0.3) is 0 Å². The van der Waals surface area contributed by atoms with E-state index in [1.165, 1.54) is 22.7 Å². The van der Waals surface area contributed by atoms with Crippen molar-refractivity contribution >= 4 is 58.2 Å². The Morgan fingerprint density at radius 3 is 1.22 bits per heavy atom. The Morgan fingerprint density at radius 2 is 0.963 bits per heavy atom. The van der Waals surface area contributed by atoms with Gasteiger partial charge in [0.2, 0.25) is 10.3 Å². The number of hydrogen-bond acceptors (Lipinski definition) is 8. The number of hydrogen-bond donors (Lipinski definition) is 0. The number of rotatable bonds is 2. The summed E-state index contributed by atoms with van der Waals surface area (Å²) in [5.74, 6) is 0. The molecule has 3 rings (SSSR count). The Balaban J connectivity index is 0.00000261. The minimum atomic E-state index is 0. The summed E-state index contributed by atoms with van der Waals surface area (Å²) in [7, 11) is 0. The fraction of sp³-hybridized carbons (Fsp3) is 0.667. The molecule has 10 nitrogen and oxygen atoms in total. The molecule has 2 aromatic rings. The van der Waals surface area contributed by atoms with Crippen LogP contribution >= 0.6 is 22.7 Å². The van der Waals surface area contributed by atoms with E-state index in [0.717, 1.165) is 18.9 Å². The smallest absolute Gasteiger partial charge is 0.646 e. The maximum Gasteiger partial charge on any atom is 2.00 e. The molecule has 0 bridgehead atoms. The Kier molecular flexibility index (Phi) is 10.5. The van der Waals surface area contributed by atoms with Crippen molar-refractivity contribution in [3.8, 4) is 0 Å². The standard InChI is InChI=1S/C12H18N10S4.Ni/c23-11-19-17-9(25-11)21-5-13-1-2-14-6-22(8-16-4-3-15-7-21)10-18-20-12(24)26-10;/h1-8H2,(H,19,23)(H,20,24);/q-4;+2/p+2. The van der Waals surface area contributed by atoms with E-state index in [1.807, 2.05) is 9.80 Å². The minimum absolute atomic E-state index is 0. The molecule has 0 spiro atoms. The van der Waals surface area contributed by atoms with Gasteiger partial charge >= 0.3 is 25.2 Å². The normalized spacial score (nSPS) is 18.0. The zero-order valence-corrected chi connectivity index (χ0v) is 18.9. The zero-order chi connectivity index (χ0) is 18.2. The second-order valence-corrected chi connectivity index (χ2v) is 8.80. The molecule has 27 heavy (non-hydrogen) atoms. The maximum absolute atomic E-state index is 4.55. The van der Waals surface area contributed by atoms with E-state index in [2.05, 4.69) is 66.9 Å². The predicted molar refractivity (Wildman–Crippen MR) is 114 cm³/mol. The average Bonchev–Trinajstić information content (AvgIpc) is 3.25. The summed E-state index contributed by atoms with van der Waals surface area (Å²) < 4.78 is 1.49. The summed E-state index contributed by atoms with van der Waals surface area (Å²) in [5, 5.41) is 36.1. The van der Waals surface area contributed by atoms with E-state index in [-0.39, 0.29) is 16.5 Å². The Morgan fingerprint density at radius 1 is 0.630 bits per heavy atom. The van der Waals surface area contributed by atoms with Crippen LogP contribution in [0.3, 0.4) is 0 Å². The third-order valence-electron chi connectivity index (χ3n) is 3.29. The van der Waals surface area contributed by atoms with Gasteiger partial charge in [-0.2, -0.15) is 26.2 Å². The third kappa shape index (κ3) is 7.59. The molecule has 0 amide bonds. The molecule has 0 saturated carbocycles. The van der Waals surface area contributed by atoms with Gasteiger partial charge in [-0.3, -0.25) is 0 Å². The van der Waals surface area contributed by atoms with Crippen LogP contribution in [0.2, 0.25) is 0 Å². The Hall–Kier alpha value is -0.246. The van der Waals surface area contributed by atoms with Crippen molar-refractivity contribution in [1.82, 2.24) is 20.4 Å². The molecule has 1 aliphatic rings. The molecule has 0 N–H and O–H groups in total. The molecule has 1 aliphatic heterocycles. The van der Waals surface area contributed by atoms with Gasteiger partial charge in [-0.1, -0.05) is 36.9 Å². The van der Waals surface area contributed by atoms with Crippen LogP contribution in [0.1, 0.15) is 0 Å². The number of anilines is 2. The van der Waals surface area contributed by atoms with Crippen molar-refractivity contribution < 1.29 is 16.5 Å². The van der Waals surface area contributed by atoms with Crippen LogP contribution in [0.5, 0.6) is 0 Å². The molecular weight excluding hydrogens is 471 g/mol. The predicted octanol–water partition coefficient (Wildman–Crippen LogP) is 0.779. The van der Waals surface area contributed by atoms with Crippen molar-refractivity contribution in [1.29, 1.82) is 0 Å². The van der Waals surface area contributed by atoms with E-state index in [0.29, 0.717) is 52.9 Å². The molecule has 0 unspecified atom stereocenters. The molecule has 0 radical (unpaired) electrons. The van der Waals surface area contributed by atoms with Crippen molar-refractivity contribution in [3.05, 3.63) is 21.3 Å². The van der Waals surface area contributed by atoms with Gasteiger partial charge in [0.05, 0.1) is 0 Å². The first-order valence-electron chi connectivity index (χ1n) is 7.85. The van der Waals surface area contributed by atoms with Gasteiger partial charge < -0.3 is 31.1 Å². The average molecular weight is 491 g/mol. The van der Waals surface area contributed by atoms with Crippen molar-refractivity contribution in [2.45, 2.75) is 8.68 Å². The van der Waals surface area contributed by atoms with Crippen molar-refractivity contribution in [2.24, 2.45) is 0 Å². The molecule has 15 heteroatoms. The largest absolute Gasteiger partial charge is 2.00 e. The molecular formula is C12H20N10NiS4. The Bertz CT molecular complexity index is 598. The SMILES string of the molecule is [Ni+2].[SH2+]c1nnc(N2C[N-]CC[N-]CN(c3nnc([SH2+])s3)C[N-]CC[N-]C2)s1. The molecule has 2 aromatic heterocycles. The van der Waals surface area contributed by atoms with Crippen molar-refractivity contribution in [2.75, 3.05) is 62.7 Å². The first-order chi connectivity index (χ1) is 12.7. The summed E-state index contributed by atoms with van der Waals surface area (Å²) in [4.78, 5) is 4.00. The molecule has 1 saturated heterocycles. The van der Waals surface area contributed by atoms with Gasteiger partial charge in [-0.05, 0) is 22.7 Å². The quantitative estimate of drug-likeness (QED) is 0.453. The van der Waals surface area contributed by atoms with Gasteiger partial charge in [-0.25, -0.2) is 0 Å². The molecule has 152 valence electrons. The van der Waals surface area contributed by atoms with Crippen molar-refractivity contribution in [3.63, 3.8) is 0 Å². The molecule has 0 aromatic carbocycles. The maximum atomic E-state index is 4.55. The molecule has 1 fully saturated rings. The topological polar surface area (TPSA) is 114 Å². The summed E-state index contributed by atoms with van der Waals surface area (Å²) in [6.45, 7) is 4.63. The number of aromatic nitrogens is 4. The summed E-state index contributed by atoms with van der Waals surface area (Å²) in [6, 6.07) is 0. The Labute approximate surface area is 187 Å². The van der Waals surface area contributed by atoms with Crippen LogP contribution in [0, 0.1) is 0 Å². The van der Waals surface area contributed by atoms with Gasteiger partial charge in [0.1, 0.15) is 0 Å². The zero-order valence-electron chi connectivity index (χ0n) is 14.3. The molecule has 0 aliphatic carbocycles. The molecule has 3 heterocycles. The van der Waals surface area contributed by atoms with Crippen LogP contribution in [0.4, 0.5) is 10.3 Å². The van der Waals surface area contributed by atoms with E-state index < -0.39 is 0 Å². The van der Waals surface area contributed by atoms with E-state index >= 15 is 0 Å². The van der Waals surface area contributed by atoms with Crippen LogP contribution < -0.4 is 9.80 Å². The van der Waals surface area contributed by atoms with Gasteiger partial charge in [-0.15, -0.1) is 10.2 Å². The fourth-order valence-corrected chi connectivity index (χ4v) is 3.88. The summed E-state index contributed by atoms with van der Waals surface area (Å²) in [6.07, 6.45) is 0. The van der Waals surface area contributed by atoms with E-state index in [9.17, 15) is 0 Å². The minimum Gasteiger partial charge on any atom is -0.646 e. The first kappa shape index (κ1) is 23.0. The molecule has 0 atom stereocenters. The van der Waals surface area contributed by atoms with E-state index in [4.69, 9.17) is 0 Å². The first-order valence-corrected chi connectivity index (χ1v) is 10.5. The monoisotopic (exact) mass is 490 g/mol. The fourth-order valence-electron chi connectivity index (χ4n) is 2.07. The van der Waals surface area contributed by atoms with Crippen LogP contribution in [-0.2, 0) is 41.7 Å². The summed E-state index contributed by atoms with van der Waals surface area (Å²) in [5.41, 5.74) is 0. The van der Waals surface area contributed by atoms with Gasteiger partial charge in [0.15, 0.2) is 0 Å². The second kappa shape index (κ2) is 12.3. The second-order valence-electron chi connectivity index (χ2n) is 5.21. The summed E-state index contributed by atoms with van der Waals surface area (Å²) >= 11 is 9.72. The van der Waals surface area contributed by atoms with E-state index in [1.54, 1.807) is 0 Å². The van der Waals surface area contributed by atoms with Gasteiger partial charge in [0, 0.05) is 25.3 Å². The van der Waals surface area contributed by atoms with Crippen LogP contribution in [0.15, 0.2) is 8.68 Å². The van der Waals surface area contributed by atoms with Crippen LogP contribution in [-0.4, -0.2) is 73.2 Å². The number of nitrogens with zero attached hydrogens (tertiary/aromatic N) is 10. The third-order valence-corrected chi connectivity index (χ3v) is 5.69. The van der Waals surface area contributed by atoms with Crippen LogP contribution in [0.25, 0.3) is 21.3 Å².